The van der Waals surface area contributed by atoms with Crippen molar-refractivity contribution >= 4 is 33.6 Å². The van der Waals surface area contributed by atoms with E-state index in [1.54, 1.807) is 0 Å². The molecule has 0 aliphatic heterocycles. The first-order chi connectivity index (χ1) is 49.2. The Kier molecular flexibility index (Phi) is 72.2. The summed E-state index contributed by atoms with van der Waals surface area (Å²) in [4.78, 5) is 58.6. The Hall–Kier alpha value is -4.31. The minimum absolute atomic E-state index is 0.0884. The molecule has 0 aliphatic rings. The predicted octanol–water partition coefficient (Wildman–Crippen LogP) is 23.1. The first kappa shape index (κ1) is 96.7. The lowest BCUT2D eigenvalue weighted by molar-refractivity contribution is -0.161. The Balaban J connectivity index is 4.49. The van der Waals surface area contributed by atoms with Gasteiger partial charge in [-0.05, 0) is 141 Å². The van der Waals surface area contributed by atoms with Crippen molar-refractivity contribution < 1.29 is 75.8 Å². The van der Waals surface area contributed by atoms with E-state index in [9.17, 15) is 43.5 Å². The van der Waals surface area contributed by atoms with Crippen molar-refractivity contribution in [1.29, 1.82) is 0 Å². The van der Waals surface area contributed by atoms with Gasteiger partial charge in [-0.25, -0.2) is 9.13 Å². The van der Waals surface area contributed by atoms with Gasteiger partial charge in [0.2, 0.25) is 0 Å². The Morgan fingerprint density at radius 2 is 0.525 bits per heavy atom. The van der Waals surface area contributed by atoms with Crippen LogP contribution in [0.2, 0.25) is 0 Å². The van der Waals surface area contributed by atoms with Crippen molar-refractivity contribution in [3.63, 3.8) is 0 Å². The van der Waals surface area contributed by atoms with Crippen LogP contribution < -0.4 is 0 Å². The number of esters is 3. The molecule has 0 rings (SSSR count). The largest absolute Gasteiger partial charge is 0.472 e. The zero-order chi connectivity index (χ0) is 73.7. The van der Waals surface area contributed by atoms with E-state index in [1.807, 2.05) is 0 Å². The summed E-state index contributed by atoms with van der Waals surface area (Å²) in [5.41, 5.74) is 0. The lowest BCUT2D eigenvalue weighted by atomic mass is 10.0. The molecule has 101 heavy (non-hydrogen) atoms. The molecule has 0 aromatic heterocycles. The second kappa shape index (κ2) is 75.4. The minimum Gasteiger partial charge on any atom is -0.463 e. The van der Waals surface area contributed by atoms with E-state index in [0.29, 0.717) is 19.3 Å². The summed E-state index contributed by atoms with van der Waals surface area (Å²) in [7, 11) is -9.80. The highest BCUT2D eigenvalue weighted by Crippen LogP contribution is 2.45. The Morgan fingerprint density at radius 3 is 0.861 bits per heavy atom. The molecule has 5 atom stereocenters. The highest BCUT2D eigenvalue weighted by Gasteiger charge is 2.29. The summed E-state index contributed by atoms with van der Waals surface area (Å²) in [6, 6.07) is 0. The van der Waals surface area contributed by atoms with Gasteiger partial charge in [0.05, 0.1) is 26.4 Å². The van der Waals surface area contributed by atoms with Gasteiger partial charge in [-0.15, -0.1) is 0 Å². The van der Waals surface area contributed by atoms with Gasteiger partial charge in [0.25, 0.3) is 0 Å². The average Bonchev–Trinajstić information content (AvgIpc) is 0.936. The van der Waals surface area contributed by atoms with Gasteiger partial charge < -0.3 is 34.2 Å². The third-order valence-electron chi connectivity index (χ3n) is 16.3. The van der Waals surface area contributed by atoms with Gasteiger partial charge >= 0.3 is 33.6 Å². The number of carbonyl (C=O) groups excluding carboxylic acids is 3. The average molecular weight is 1460 g/mol. The van der Waals surface area contributed by atoms with Crippen molar-refractivity contribution in [1.82, 2.24) is 0 Å². The molecule has 0 aliphatic carbocycles. The van der Waals surface area contributed by atoms with Crippen LogP contribution in [0.1, 0.15) is 316 Å². The summed E-state index contributed by atoms with van der Waals surface area (Å²) in [5, 5.41) is 20.6. The minimum atomic E-state index is -4.94. The molecule has 18 heteroatoms. The number of phosphoric acid groups is 2. The summed E-state index contributed by atoms with van der Waals surface area (Å²) >= 11 is 0. The summed E-state index contributed by atoms with van der Waals surface area (Å²) < 4.78 is 61.1. The van der Waals surface area contributed by atoms with Crippen LogP contribution in [0, 0.1) is 0 Å². The van der Waals surface area contributed by atoms with Gasteiger partial charge in [0.15, 0.2) is 6.10 Å². The van der Waals surface area contributed by atoms with E-state index in [0.717, 1.165) is 154 Å². The molecule has 0 amide bonds. The molecule has 0 aromatic rings. The molecular formula is C83H142O16P2. The molecule has 5 unspecified atom stereocenters. The fraction of sp³-hybridized carbons (Fsp3) is 0.699. The van der Waals surface area contributed by atoms with Crippen LogP contribution in [0.4, 0.5) is 0 Å². The zero-order valence-corrected chi connectivity index (χ0v) is 65.1. The first-order valence-corrected chi connectivity index (χ1v) is 42.5. The van der Waals surface area contributed by atoms with Crippen molar-refractivity contribution in [3.05, 3.63) is 134 Å². The normalized spacial score (nSPS) is 14.7. The van der Waals surface area contributed by atoms with Gasteiger partial charge in [0.1, 0.15) is 25.4 Å². The lowest BCUT2D eigenvalue weighted by Gasteiger charge is -2.21. The number of hydrogen-bond donors (Lipinski definition) is 4. The van der Waals surface area contributed by atoms with Gasteiger partial charge in [0, 0.05) is 19.3 Å². The molecule has 0 bridgehead atoms. The number of ether oxygens (including phenoxy) is 3. The molecule has 580 valence electrons. The zero-order valence-electron chi connectivity index (χ0n) is 63.3. The van der Waals surface area contributed by atoms with Crippen molar-refractivity contribution in [3.8, 4) is 0 Å². The Morgan fingerprint density at radius 1 is 0.287 bits per heavy atom. The quantitative estimate of drug-likeness (QED) is 0.0146. The Bertz CT molecular complexity index is 2370. The van der Waals surface area contributed by atoms with E-state index >= 15 is 0 Å². The highest BCUT2D eigenvalue weighted by atomic mass is 31.2. The maximum Gasteiger partial charge on any atom is 0.472 e. The standard InChI is InChI=1S/C83H142O16P2/c1-4-7-10-13-16-19-22-25-27-29-31-33-34-35-36-37-38-39-40-41-42-44-46-47-49-52-54-57-60-63-66-69-81(86)93-72-78(84)73-95-100(89,90)96-74-79(85)75-97-101(91,92)98-77-80(99-83(88)71-68-65-62-59-56-51-24-21-18-15-12-9-6-3)76-94-82(87)70-67-64-61-58-55-53-50-48-45-43-32-30-28-26-23-20-17-14-11-8-5-2/h7,10,16-17,19-21,24-28,31-33,35-36,38-39,43,48,50,78-80,84-85H,4-6,8-9,11-15,18,22-23,29-30,34,37,40-42,44-47,49,51-77H2,1-3H3,(H,89,90)(H,91,92)/b10-7-,19-16-,20-17-,24-21-,27-25-,28-26-,33-31-,36-35-,39-38-,43-32-,50-48-. The topological polar surface area (TPSA) is 231 Å². The second-order valence-electron chi connectivity index (χ2n) is 26.1. The van der Waals surface area contributed by atoms with Gasteiger partial charge in [-0.3, -0.25) is 32.5 Å². The van der Waals surface area contributed by atoms with Crippen molar-refractivity contribution in [2.75, 3.05) is 39.6 Å². The number of hydrogen-bond acceptors (Lipinski definition) is 14. The van der Waals surface area contributed by atoms with Crippen LogP contribution in [-0.4, -0.2) is 95.9 Å². The maximum atomic E-state index is 12.9. The number of allylic oxidation sites excluding steroid dienone is 22. The molecule has 0 aromatic carbocycles. The third-order valence-corrected chi connectivity index (χ3v) is 18.2. The first-order valence-electron chi connectivity index (χ1n) is 39.5. The molecule has 0 heterocycles. The van der Waals surface area contributed by atoms with Gasteiger partial charge in [-0.1, -0.05) is 289 Å². The Labute approximate surface area is 614 Å². The monoisotopic (exact) mass is 1460 g/mol. The van der Waals surface area contributed by atoms with Crippen LogP contribution >= 0.6 is 15.6 Å². The van der Waals surface area contributed by atoms with E-state index < -0.39 is 91.5 Å². The number of carbonyl (C=O) groups is 3. The molecule has 0 spiro atoms. The molecule has 4 N–H and O–H groups in total. The van der Waals surface area contributed by atoms with E-state index in [-0.39, 0.29) is 19.3 Å². The fourth-order valence-corrected chi connectivity index (χ4v) is 11.9. The molecule has 0 saturated heterocycles. The maximum absolute atomic E-state index is 12.9. The van der Waals surface area contributed by atoms with Crippen LogP contribution in [0.25, 0.3) is 0 Å². The van der Waals surface area contributed by atoms with E-state index in [4.69, 9.17) is 32.3 Å². The molecule has 0 radical (unpaired) electrons. The number of aliphatic hydroxyl groups is 2. The second-order valence-corrected chi connectivity index (χ2v) is 29.0. The molecule has 0 fully saturated rings. The van der Waals surface area contributed by atoms with Gasteiger partial charge in [-0.2, -0.15) is 0 Å². The number of phosphoric ester groups is 2. The fourth-order valence-electron chi connectivity index (χ4n) is 10.3. The summed E-state index contributed by atoms with van der Waals surface area (Å²) in [6.45, 7) is 2.49. The van der Waals surface area contributed by atoms with Crippen LogP contribution in [-0.2, 0) is 55.8 Å². The van der Waals surface area contributed by atoms with Crippen molar-refractivity contribution in [2.24, 2.45) is 0 Å². The molecule has 0 saturated carbocycles. The number of unbranched alkanes of at least 4 members (excludes halogenated alkanes) is 29. The van der Waals surface area contributed by atoms with Crippen LogP contribution in [0.3, 0.4) is 0 Å². The van der Waals surface area contributed by atoms with E-state index in [1.165, 1.54) is 103 Å². The molecular weight excluding hydrogens is 1310 g/mol. The van der Waals surface area contributed by atoms with Crippen LogP contribution in [0.5, 0.6) is 0 Å². The van der Waals surface area contributed by atoms with Crippen LogP contribution in [0.15, 0.2) is 134 Å². The smallest absolute Gasteiger partial charge is 0.463 e. The predicted molar refractivity (Wildman–Crippen MR) is 417 cm³/mol. The highest BCUT2D eigenvalue weighted by molar-refractivity contribution is 7.47. The SMILES string of the molecule is CC/C=C\C/C=C\C/C=C\C/C=C\C/C=C\C/C=C\CCCCCCCCCCCCCCC(=O)OCC(O)COP(=O)(O)OCC(O)COP(=O)(O)OCC(COC(=O)CCCCCCC/C=C\C/C=C\C/C=C\C/C=C\CCCCC)OC(=O)CCCCCCC/C=C\CCCCCC. The van der Waals surface area contributed by atoms with Crippen molar-refractivity contribution in [2.45, 2.75) is 334 Å². The van der Waals surface area contributed by atoms with E-state index in [2.05, 4.69) is 154 Å². The number of aliphatic hydroxyl groups excluding tert-OH is 2. The number of rotatable bonds is 74. The summed E-state index contributed by atoms with van der Waals surface area (Å²) in [5.74, 6) is -1.61. The lowest BCUT2D eigenvalue weighted by Crippen LogP contribution is -2.30. The summed E-state index contributed by atoms with van der Waals surface area (Å²) in [6.07, 6.45) is 90.7. The third kappa shape index (κ3) is 76.6. The molecule has 16 nitrogen and oxygen atoms in total.